The van der Waals surface area contributed by atoms with Gasteiger partial charge in [-0.25, -0.2) is 4.79 Å². The third-order valence-corrected chi connectivity index (χ3v) is 9.15. The summed E-state index contributed by atoms with van der Waals surface area (Å²) >= 11 is 0. The Hall–Kier alpha value is -4.25. The third-order valence-electron chi connectivity index (χ3n) is 6.05. The van der Waals surface area contributed by atoms with Crippen molar-refractivity contribution in [1.82, 2.24) is 0 Å². The van der Waals surface area contributed by atoms with Crippen LogP contribution < -0.4 is 4.74 Å². The van der Waals surface area contributed by atoms with E-state index < -0.39 is 27.9 Å². The van der Waals surface area contributed by atoms with Gasteiger partial charge in [0, 0.05) is 0 Å². The predicted molar refractivity (Wildman–Crippen MR) is 152 cm³/mol. The Balaban J connectivity index is 1.31. The van der Waals surface area contributed by atoms with Crippen molar-refractivity contribution in [3.8, 4) is 11.5 Å². The highest BCUT2D eigenvalue weighted by Crippen LogP contribution is 2.33. The first-order valence-corrected chi connectivity index (χ1v) is 15.0. The molecular weight excluding hydrogens is 570 g/mol. The standard InChI is InChI=1S/C31H22F2O6S2/c32-31(33,41(35,36)37)21-38-30(34)24-12-11-23-20-26(14-13-22(23)19-24)39-25-15-17-29(18-16-25)40(27-7-3-1-4-8-27)28-9-5-2-6-10-28/h1-20H,21H2/p+1. The van der Waals surface area contributed by atoms with Crippen molar-refractivity contribution >= 4 is 37.8 Å². The number of ether oxygens (including phenoxy) is 2. The molecule has 1 N–H and O–H groups in total. The lowest BCUT2D eigenvalue weighted by atomic mass is 10.1. The minimum Gasteiger partial charge on any atom is -0.457 e. The molecule has 5 aromatic carbocycles. The lowest BCUT2D eigenvalue weighted by Crippen LogP contribution is -2.34. The van der Waals surface area contributed by atoms with E-state index in [9.17, 15) is 22.0 Å². The molecule has 0 fully saturated rings. The SMILES string of the molecule is O=C(OCC(F)(F)S(=O)(=O)O)c1ccc2cc(Oc3ccc([S+](c4ccccc4)c4ccccc4)cc3)ccc2c1. The lowest BCUT2D eigenvalue weighted by Gasteiger charge is -2.13. The van der Waals surface area contributed by atoms with Crippen LogP contribution in [0.1, 0.15) is 10.4 Å². The van der Waals surface area contributed by atoms with Crippen LogP contribution in [0.4, 0.5) is 8.78 Å². The lowest BCUT2D eigenvalue weighted by molar-refractivity contribution is -0.00949. The molecule has 0 aliphatic heterocycles. The Bertz CT molecular complexity index is 1740. The van der Waals surface area contributed by atoms with Gasteiger partial charge in [-0.3, -0.25) is 4.55 Å². The smallest absolute Gasteiger partial charge is 0.402 e. The molecule has 0 aliphatic rings. The van der Waals surface area contributed by atoms with Crippen molar-refractivity contribution < 1.29 is 36.0 Å². The maximum absolute atomic E-state index is 13.4. The first-order chi connectivity index (χ1) is 19.6. The highest BCUT2D eigenvalue weighted by atomic mass is 32.2. The summed E-state index contributed by atoms with van der Waals surface area (Å²) in [4.78, 5) is 15.7. The van der Waals surface area contributed by atoms with Crippen LogP contribution in [-0.2, 0) is 25.7 Å². The summed E-state index contributed by atoms with van der Waals surface area (Å²) in [6.45, 7) is -1.80. The number of alkyl halides is 2. The van der Waals surface area contributed by atoms with Crippen molar-refractivity contribution in [3.63, 3.8) is 0 Å². The largest absolute Gasteiger partial charge is 0.457 e. The van der Waals surface area contributed by atoms with Gasteiger partial charge in [-0.05, 0) is 83.6 Å². The van der Waals surface area contributed by atoms with Crippen LogP contribution in [0.3, 0.4) is 0 Å². The molecule has 0 atom stereocenters. The second-order valence-corrected chi connectivity index (χ2v) is 12.5. The monoisotopic (exact) mass is 593 g/mol. The average Bonchev–Trinajstić information content (AvgIpc) is 2.97. The topological polar surface area (TPSA) is 89.9 Å². The van der Waals surface area contributed by atoms with Crippen molar-refractivity contribution in [2.75, 3.05) is 6.61 Å². The Kier molecular flexibility index (Phi) is 8.07. The summed E-state index contributed by atoms with van der Waals surface area (Å²) in [6, 6.07) is 38.1. The predicted octanol–water partition coefficient (Wildman–Crippen LogP) is 7.36. The average molecular weight is 594 g/mol. The first kappa shape index (κ1) is 28.3. The number of hydrogen-bond donors (Lipinski definition) is 1. The molecule has 208 valence electrons. The van der Waals surface area contributed by atoms with Crippen LogP contribution in [0.25, 0.3) is 10.8 Å². The zero-order valence-corrected chi connectivity index (χ0v) is 22.9. The number of esters is 1. The second kappa shape index (κ2) is 11.7. The molecule has 0 aromatic heterocycles. The Morgan fingerprint density at radius 1 is 0.707 bits per heavy atom. The fourth-order valence-corrected chi connectivity index (χ4v) is 6.31. The van der Waals surface area contributed by atoms with Crippen LogP contribution in [-0.4, -0.2) is 30.8 Å². The molecule has 5 aromatic rings. The van der Waals surface area contributed by atoms with Gasteiger partial charge in [-0.1, -0.05) is 48.5 Å². The van der Waals surface area contributed by atoms with Gasteiger partial charge >= 0.3 is 21.3 Å². The van der Waals surface area contributed by atoms with Gasteiger partial charge < -0.3 is 9.47 Å². The number of carbonyl (C=O) groups is 1. The van der Waals surface area contributed by atoms with Crippen LogP contribution >= 0.6 is 0 Å². The zero-order chi connectivity index (χ0) is 29.0. The number of rotatable bonds is 9. The van der Waals surface area contributed by atoms with Gasteiger partial charge in [0.1, 0.15) is 11.5 Å². The maximum Gasteiger partial charge on any atom is 0.402 e. The van der Waals surface area contributed by atoms with Crippen molar-refractivity contribution in [2.24, 2.45) is 0 Å². The molecule has 0 aliphatic carbocycles. The Labute approximate surface area is 238 Å². The normalized spacial score (nSPS) is 11.9. The zero-order valence-electron chi connectivity index (χ0n) is 21.3. The van der Waals surface area contributed by atoms with E-state index >= 15 is 0 Å². The molecule has 41 heavy (non-hydrogen) atoms. The van der Waals surface area contributed by atoms with E-state index in [-0.39, 0.29) is 16.5 Å². The number of benzene rings is 5. The summed E-state index contributed by atoms with van der Waals surface area (Å²) in [6.07, 6.45) is 0. The van der Waals surface area contributed by atoms with Gasteiger partial charge in [0.25, 0.3) is 0 Å². The van der Waals surface area contributed by atoms with Gasteiger partial charge in [0.15, 0.2) is 21.3 Å². The molecule has 0 radical (unpaired) electrons. The molecule has 0 heterocycles. The fourth-order valence-electron chi connectivity index (χ4n) is 4.02. The fraction of sp³-hybridized carbons (Fsp3) is 0.0645. The van der Waals surface area contributed by atoms with E-state index in [1.807, 2.05) is 60.7 Å². The molecule has 6 nitrogen and oxygen atoms in total. The van der Waals surface area contributed by atoms with Crippen molar-refractivity contribution in [1.29, 1.82) is 0 Å². The number of hydrogen-bond acceptors (Lipinski definition) is 5. The van der Waals surface area contributed by atoms with Gasteiger partial charge in [0.05, 0.1) is 16.5 Å². The highest BCUT2D eigenvalue weighted by molar-refractivity contribution is 7.97. The third kappa shape index (κ3) is 6.57. The molecule has 0 amide bonds. The molecule has 0 spiro atoms. The van der Waals surface area contributed by atoms with E-state index in [1.54, 1.807) is 24.3 Å². The van der Waals surface area contributed by atoms with E-state index in [4.69, 9.17) is 9.29 Å². The second-order valence-electron chi connectivity index (χ2n) is 8.92. The number of halogens is 2. The Morgan fingerprint density at radius 2 is 1.22 bits per heavy atom. The quantitative estimate of drug-likeness (QED) is 0.109. The summed E-state index contributed by atoms with van der Waals surface area (Å²) in [5.41, 5.74) is -0.0554. The minimum absolute atomic E-state index is 0.0554. The van der Waals surface area contributed by atoms with E-state index in [1.165, 1.54) is 21.9 Å². The first-order valence-electron chi connectivity index (χ1n) is 12.3. The van der Waals surface area contributed by atoms with Crippen LogP contribution in [0.5, 0.6) is 11.5 Å². The van der Waals surface area contributed by atoms with Crippen LogP contribution in [0.15, 0.2) is 136 Å². The van der Waals surface area contributed by atoms with Gasteiger partial charge in [-0.15, -0.1) is 0 Å². The van der Waals surface area contributed by atoms with E-state index in [0.29, 0.717) is 22.3 Å². The van der Waals surface area contributed by atoms with Gasteiger partial charge in [0.2, 0.25) is 0 Å². The maximum atomic E-state index is 13.4. The van der Waals surface area contributed by atoms with Crippen molar-refractivity contribution in [2.45, 2.75) is 19.9 Å². The molecule has 10 heteroatoms. The summed E-state index contributed by atoms with van der Waals surface area (Å²) in [5, 5.41) is -3.28. The Morgan fingerprint density at radius 3 is 1.80 bits per heavy atom. The highest BCUT2D eigenvalue weighted by Gasteiger charge is 2.45. The minimum atomic E-state index is -5.70. The molecule has 0 saturated heterocycles. The molecule has 5 rings (SSSR count). The van der Waals surface area contributed by atoms with Crippen molar-refractivity contribution in [3.05, 3.63) is 127 Å². The number of carbonyl (C=O) groups excluding carboxylic acids is 1. The summed E-state index contributed by atoms with van der Waals surface area (Å²) in [5.74, 6) is 0.0388. The van der Waals surface area contributed by atoms with Gasteiger partial charge in [-0.2, -0.15) is 17.2 Å². The van der Waals surface area contributed by atoms with E-state index in [0.717, 1.165) is 4.90 Å². The number of fused-ring (bicyclic) bond motifs is 1. The van der Waals surface area contributed by atoms with Crippen LogP contribution in [0, 0.1) is 0 Å². The molecular formula is C31H23F2O6S2+. The molecule has 0 bridgehead atoms. The van der Waals surface area contributed by atoms with E-state index in [2.05, 4.69) is 29.0 Å². The molecule has 0 saturated carbocycles. The van der Waals surface area contributed by atoms with Crippen LogP contribution in [0.2, 0.25) is 0 Å². The summed E-state index contributed by atoms with van der Waals surface area (Å²) < 4.78 is 67.2. The summed E-state index contributed by atoms with van der Waals surface area (Å²) in [7, 11) is -5.98. The molecule has 0 unspecified atom stereocenters.